The maximum atomic E-state index is 6.15. The van der Waals surface area contributed by atoms with Crippen LogP contribution in [0.25, 0.3) is 0 Å². The van der Waals surface area contributed by atoms with Gasteiger partial charge in [-0.3, -0.25) is 4.90 Å². The first-order valence-electron chi connectivity index (χ1n) is 10.1. The minimum absolute atomic E-state index is 0. The van der Waals surface area contributed by atoms with Crippen LogP contribution in [0.5, 0.6) is 23.0 Å². The number of rotatable bonds is 5. The smallest absolute Gasteiger partial charge is 0.165 e. The summed E-state index contributed by atoms with van der Waals surface area (Å²) in [5.41, 5.74) is 5.35. The number of nitrogens with zero attached hydrogens (tertiary/aromatic N) is 1. The van der Waals surface area contributed by atoms with Crippen LogP contribution in [0, 0.1) is 0 Å². The molecule has 1 aliphatic carbocycles. The van der Waals surface area contributed by atoms with E-state index in [2.05, 4.69) is 23.1 Å². The summed E-state index contributed by atoms with van der Waals surface area (Å²) >= 11 is 0. The van der Waals surface area contributed by atoms with Crippen molar-refractivity contribution in [1.82, 2.24) is 4.90 Å². The highest BCUT2D eigenvalue weighted by molar-refractivity contribution is 5.85. The summed E-state index contributed by atoms with van der Waals surface area (Å²) in [6.45, 7) is 1.91. The highest BCUT2D eigenvalue weighted by Gasteiger charge is 2.35. The summed E-state index contributed by atoms with van der Waals surface area (Å²) in [7, 11) is 5.15. The molecule has 156 valence electrons. The first kappa shape index (κ1) is 20.2. The Kier molecular flexibility index (Phi) is 5.54. The number of hydrogen-bond acceptors (Lipinski definition) is 5. The third-order valence-electron chi connectivity index (χ3n) is 6.23. The van der Waals surface area contributed by atoms with Crippen molar-refractivity contribution < 1.29 is 18.9 Å². The van der Waals surface area contributed by atoms with Crippen LogP contribution in [-0.4, -0.2) is 38.9 Å². The molecule has 2 heterocycles. The van der Waals surface area contributed by atoms with Gasteiger partial charge in [-0.05, 0) is 60.6 Å². The van der Waals surface area contributed by atoms with E-state index in [9.17, 15) is 0 Å². The zero-order valence-corrected chi connectivity index (χ0v) is 18.0. The number of fused-ring (bicyclic) bond motifs is 4. The zero-order valence-electron chi connectivity index (χ0n) is 17.2. The van der Waals surface area contributed by atoms with E-state index in [-0.39, 0.29) is 12.4 Å². The van der Waals surface area contributed by atoms with Crippen molar-refractivity contribution in [1.29, 1.82) is 0 Å². The van der Waals surface area contributed by atoms with E-state index in [1.54, 1.807) is 21.3 Å². The predicted molar refractivity (Wildman–Crippen MR) is 114 cm³/mol. The Balaban J connectivity index is 0.00000205. The SMILES string of the molecule is COc1cc2c(cc1OC1CC1)[C@@H]1Cc3ccc(OC)c(OC)c3CN1CC2.Cl. The van der Waals surface area contributed by atoms with Crippen molar-refractivity contribution in [3.05, 3.63) is 46.5 Å². The van der Waals surface area contributed by atoms with E-state index in [4.69, 9.17) is 18.9 Å². The van der Waals surface area contributed by atoms with Crippen LogP contribution in [-0.2, 0) is 19.4 Å². The Hall–Kier alpha value is -2.11. The molecule has 0 N–H and O–H groups in total. The first-order valence-corrected chi connectivity index (χ1v) is 10.1. The van der Waals surface area contributed by atoms with Crippen molar-refractivity contribution in [3.63, 3.8) is 0 Å². The van der Waals surface area contributed by atoms with Crippen LogP contribution >= 0.6 is 12.4 Å². The van der Waals surface area contributed by atoms with Crippen LogP contribution in [0.1, 0.15) is 41.1 Å². The monoisotopic (exact) mass is 417 g/mol. The largest absolute Gasteiger partial charge is 0.493 e. The molecule has 2 aromatic carbocycles. The Labute approximate surface area is 178 Å². The van der Waals surface area contributed by atoms with E-state index >= 15 is 0 Å². The van der Waals surface area contributed by atoms with Gasteiger partial charge in [-0.25, -0.2) is 0 Å². The van der Waals surface area contributed by atoms with Crippen LogP contribution in [0.15, 0.2) is 24.3 Å². The summed E-state index contributed by atoms with van der Waals surface area (Å²) in [5, 5.41) is 0. The fourth-order valence-corrected chi connectivity index (χ4v) is 4.61. The van der Waals surface area contributed by atoms with E-state index in [0.29, 0.717) is 12.1 Å². The topological polar surface area (TPSA) is 40.2 Å². The molecule has 3 aliphatic rings. The quantitative estimate of drug-likeness (QED) is 0.724. The van der Waals surface area contributed by atoms with E-state index < -0.39 is 0 Å². The van der Waals surface area contributed by atoms with Gasteiger partial charge in [0.25, 0.3) is 0 Å². The van der Waals surface area contributed by atoms with Crippen molar-refractivity contribution in [2.24, 2.45) is 0 Å². The molecule has 1 atom stereocenters. The van der Waals surface area contributed by atoms with Gasteiger partial charge >= 0.3 is 0 Å². The van der Waals surface area contributed by atoms with Gasteiger partial charge in [-0.15, -0.1) is 12.4 Å². The van der Waals surface area contributed by atoms with Gasteiger partial charge in [-0.2, -0.15) is 0 Å². The van der Waals surface area contributed by atoms with Gasteiger partial charge in [0.15, 0.2) is 23.0 Å². The summed E-state index contributed by atoms with van der Waals surface area (Å²) in [6.07, 6.45) is 4.64. The lowest BCUT2D eigenvalue weighted by atomic mass is 9.83. The molecule has 0 amide bonds. The van der Waals surface area contributed by atoms with E-state index in [1.807, 2.05) is 6.07 Å². The highest BCUT2D eigenvalue weighted by Crippen LogP contribution is 2.46. The molecular formula is C23H28ClNO4. The molecule has 0 unspecified atom stereocenters. The maximum absolute atomic E-state index is 6.15. The van der Waals surface area contributed by atoms with Crippen LogP contribution in [0.4, 0.5) is 0 Å². The van der Waals surface area contributed by atoms with Gasteiger partial charge < -0.3 is 18.9 Å². The lowest BCUT2D eigenvalue weighted by Gasteiger charge is -2.42. The molecule has 1 saturated carbocycles. The van der Waals surface area contributed by atoms with Crippen LogP contribution < -0.4 is 18.9 Å². The van der Waals surface area contributed by atoms with E-state index in [0.717, 1.165) is 61.8 Å². The van der Waals surface area contributed by atoms with Crippen LogP contribution in [0.2, 0.25) is 0 Å². The van der Waals surface area contributed by atoms with Crippen molar-refractivity contribution in [2.45, 2.75) is 44.4 Å². The second-order valence-electron chi connectivity index (χ2n) is 7.90. The van der Waals surface area contributed by atoms with Gasteiger partial charge in [0.05, 0.1) is 27.4 Å². The number of methoxy groups -OCH3 is 3. The van der Waals surface area contributed by atoms with Gasteiger partial charge in [0, 0.05) is 24.7 Å². The Morgan fingerprint density at radius 2 is 1.69 bits per heavy atom. The molecule has 6 heteroatoms. The third kappa shape index (κ3) is 3.51. The fourth-order valence-electron chi connectivity index (χ4n) is 4.61. The molecule has 0 bridgehead atoms. The van der Waals surface area contributed by atoms with Crippen LogP contribution in [0.3, 0.4) is 0 Å². The normalized spacial score (nSPS) is 19.9. The summed E-state index contributed by atoms with van der Waals surface area (Å²) < 4.78 is 23.0. The molecule has 29 heavy (non-hydrogen) atoms. The second kappa shape index (κ2) is 7.96. The zero-order chi connectivity index (χ0) is 19.3. The van der Waals surface area contributed by atoms with E-state index in [1.165, 1.54) is 22.3 Å². The van der Waals surface area contributed by atoms with Crippen molar-refractivity contribution in [3.8, 4) is 23.0 Å². The molecule has 0 spiro atoms. The highest BCUT2D eigenvalue weighted by atomic mass is 35.5. The minimum atomic E-state index is 0. The molecule has 5 nitrogen and oxygen atoms in total. The van der Waals surface area contributed by atoms with Crippen molar-refractivity contribution >= 4 is 12.4 Å². The standard InChI is InChI=1S/C23H27NO4.ClH/c1-25-20-7-4-14-10-19-17-12-22(28-16-5-6-16)21(26-2)11-15(17)8-9-24(19)13-18(14)23(20)27-3;/h4,7,11-12,16,19H,5-6,8-10,13H2,1-3H3;1H/t19-;/m0./s1. The number of halogens is 1. The lowest BCUT2D eigenvalue weighted by Crippen LogP contribution is -2.39. The molecule has 5 rings (SSSR count). The predicted octanol–water partition coefficient (Wildman–Crippen LogP) is 4.33. The third-order valence-corrected chi connectivity index (χ3v) is 6.23. The molecule has 2 aromatic rings. The molecular weight excluding hydrogens is 390 g/mol. The molecule has 2 aliphatic heterocycles. The lowest BCUT2D eigenvalue weighted by molar-refractivity contribution is 0.157. The summed E-state index contributed by atoms with van der Waals surface area (Å²) in [6, 6.07) is 8.99. The average Bonchev–Trinajstić information content (AvgIpc) is 3.55. The van der Waals surface area contributed by atoms with Gasteiger partial charge in [0.1, 0.15) is 0 Å². The molecule has 0 saturated heterocycles. The Bertz CT molecular complexity index is 912. The Morgan fingerprint density at radius 1 is 0.897 bits per heavy atom. The number of benzene rings is 2. The Morgan fingerprint density at radius 3 is 2.38 bits per heavy atom. The number of hydrogen-bond donors (Lipinski definition) is 0. The summed E-state index contributed by atoms with van der Waals surface area (Å²) in [4.78, 5) is 2.56. The fraction of sp³-hybridized carbons (Fsp3) is 0.478. The van der Waals surface area contributed by atoms with Gasteiger partial charge in [-0.1, -0.05) is 6.07 Å². The molecule has 1 fully saturated rings. The summed E-state index contributed by atoms with van der Waals surface area (Å²) in [5.74, 6) is 3.43. The van der Waals surface area contributed by atoms with Crippen molar-refractivity contribution in [2.75, 3.05) is 27.9 Å². The van der Waals surface area contributed by atoms with Gasteiger partial charge in [0.2, 0.25) is 0 Å². The number of ether oxygens (including phenoxy) is 4. The second-order valence-corrected chi connectivity index (χ2v) is 7.90. The molecule has 0 radical (unpaired) electrons. The first-order chi connectivity index (χ1) is 13.7. The maximum Gasteiger partial charge on any atom is 0.165 e. The average molecular weight is 418 g/mol. The molecule has 0 aromatic heterocycles. The minimum Gasteiger partial charge on any atom is -0.493 e.